The minimum Gasteiger partial charge on any atom is -0.481 e. The van der Waals surface area contributed by atoms with Crippen molar-refractivity contribution in [3.05, 3.63) is 35.4 Å². The van der Waals surface area contributed by atoms with E-state index in [-0.39, 0.29) is 25.7 Å². The molecule has 1 atom stereocenters. The zero-order chi connectivity index (χ0) is 19.3. The number of hydrogen-bond donors (Lipinski definition) is 4. The summed E-state index contributed by atoms with van der Waals surface area (Å²) in [5, 5.41) is 35.9. The van der Waals surface area contributed by atoms with Crippen LogP contribution in [0.4, 0.5) is 0 Å². The van der Waals surface area contributed by atoms with Crippen LogP contribution in [0, 0.1) is 12.8 Å². The first-order valence-corrected chi connectivity index (χ1v) is 8.80. The monoisotopic (exact) mass is 356 g/mol. The van der Waals surface area contributed by atoms with Gasteiger partial charge < -0.3 is 24.9 Å². The van der Waals surface area contributed by atoms with Crippen molar-refractivity contribution >= 4 is 5.97 Å². The van der Waals surface area contributed by atoms with Crippen LogP contribution >= 0.6 is 0 Å². The van der Waals surface area contributed by atoms with Gasteiger partial charge in [-0.25, -0.2) is 0 Å². The van der Waals surface area contributed by atoms with E-state index >= 15 is 0 Å². The zero-order valence-corrected chi connectivity index (χ0v) is 15.7. The molecular formula is C19H34NO5+. The van der Waals surface area contributed by atoms with Crippen molar-refractivity contribution in [1.29, 1.82) is 0 Å². The average Bonchev–Trinajstić information content (AvgIpc) is 2.57. The quantitative estimate of drug-likeness (QED) is 0.475. The molecule has 1 aromatic rings. The van der Waals surface area contributed by atoms with E-state index in [1.165, 1.54) is 11.1 Å². The highest BCUT2D eigenvalue weighted by molar-refractivity contribution is 5.69. The van der Waals surface area contributed by atoms with Crippen LogP contribution < -0.4 is 0 Å². The molecule has 144 valence electrons. The van der Waals surface area contributed by atoms with Crippen molar-refractivity contribution in [3.8, 4) is 0 Å². The second-order valence-electron chi connectivity index (χ2n) is 6.42. The van der Waals surface area contributed by atoms with Crippen molar-refractivity contribution in [1.82, 2.24) is 0 Å². The summed E-state index contributed by atoms with van der Waals surface area (Å²) in [7, 11) is 0. The van der Waals surface area contributed by atoms with Gasteiger partial charge in [0.25, 0.3) is 0 Å². The topological polar surface area (TPSA) is 98.0 Å². The third-order valence-electron chi connectivity index (χ3n) is 4.52. The maximum atomic E-state index is 9.93. The Hall–Kier alpha value is -1.47. The Morgan fingerprint density at radius 1 is 1.04 bits per heavy atom. The molecule has 0 aromatic heterocycles. The van der Waals surface area contributed by atoms with E-state index in [0.717, 1.165) is 13.0 Å². The summed E-state index contributed by atoms with van der Waals surface area (Å²) >= 11 is 0. The van der Waals surface area contributed by atoms with Gasteiger partial charge in [-0.1, -0.05) is 38.1 Å². The van der Waals surface area contributed by atoms with Crippen LogP contribution in [0.1, 0.15) is 31.4 Å². The molecule has 1 unspecified atom stereocenters. The summed E-state index contributed by atoms with van der Waals surface area (Å²) in [5.41, 5.74) is 2.40. The van der Waals surface area contributed by atoms with E-state index in [9.17, 15) is 20.1 Å². The van der Waals surface area contributed by atoms with Crippen LogP contribution in [0.15, 0.2) is 24.3 Å². The van der Waals surface area contributed by atoms with E-state index in [4.69, 9.17) is 5.11 Å². The Morgan fingerprint density at radius 2 is 1.52 bits per heavy atom. The molecule has 0 amide bonds. The number of aryl methyl sites for hydroxylation is 1. The lowest BCUT2D eigenvalue weighted by Crippen LogP contribution is -2.52. The van der Waals surface area contributed by atoms with Gasteiger partial charge in [0, 0.05) is 5.56 Å². The van der Waals surface area contributed by atoms with Gasteiger partial charge in [0.15, 0.2) is 0 Å². The number of benzene rings is 1. The van der Waals surface area contributed by atoms with Crippen LogP contribution in [0.5, 0.6) is 0 Å². The number of aliphatic hydroxyl groups excluding tert-OH is 3. The molecule has 0 fully saturated rings. The van der Waals surface area contributed by atoms with Gasteiger partial charge in [-0.2, -0.15) is 0 Å². The molecule has 0 spiro atoms. The molecule has 0 radical (unpaired) electrons. The number of carbonyl (C=O) groups is 1. The van der Waals surface area contributed by atoms with Crippen molar-refractivity contribution in [3.63, 3.8) is 0 Å². The Bertz CT molecular complexity index is 475. The highest BCUT2D eigenvalue weighted by Crippen LogP contribution is 2.17. The molecule has 4 N–H and O–H groups in total. The minimum absolute atomic E-state index is 0.0614. The lowest BCUT2D eigenvalue weighted by molar-refractivity contribution is -0.941. The molecule has 0 saturated carbocycles. The first-order chi connectivity index (χ1) is 11.9. The molecule has 1 aromatic carbocycles. The second-order valence-corrected chi connectivity index (χ2v) is 6.42. The van der Waals surface area contributed by atoms with Gasteiger partial charge in [-0.15, -0.1) is 0 Å². The number of carboxylic acids is 1. The van der Waals surface area contributed by atoms with E-state index in [1.807, 2.05) is 19.1 Å². The maximum Gasteiger partial charge on any atom is 0.306 e. The van der Waals surface area contributed by atoms with Crippen LogP contribution in [-0.2, 0) is 11.3 Å². The number of aliphatic hydroxyl groups is 3. The highest BCUT2D eigenvalue weighted by atomic mass is 16.4. The number of hydrogen-bond acceptors (Lipinski definition) is 4. The molecule has 0 aliphatic carbocycles. The largest absolute Gasteiger partial charge is 0.481 e. The first-order valence-electron chi connectivity index (χ1n) is 8.80. The average molecular weight is 356 g/mol. The molecule has 6 heteroatoms. The summed E-state index contributed by atoms with van der Waals surface area (Å²) < 4.78 is 0.522. The number of rotatable bonds is 10. The lowest BCUT2D eigenvalue weighted by Gasteiger charge is -2.37. The summed E-state index contributed by atoms with van der Waals surface area (Å²) in [5.74, 6) is -0.887. The van der Waals surface area contributed by atoms with Gasteiger partial charge in [0.2, 0.25) is 0 Å². The van der Waals surface area contributed by atoms with E-state index in [1.54, 1.807) is 6.92 Å². The van der Waals surface area contributed by atoms with Gasteiger partial charge in [0.05, 0.1) is 25.7 Å². The minimum atomic E-state index is -0.706. The Labute approximate surface area is 150 Å². The number of nitrogens with zero attached hydrogens (tertiary/aromatic N) is 1. The molecule has 25 heavy (non-hydrogen) atoms. The molecule has 0 aliphatic heterocycles. The standard InChI is InChI=1S/C14H24NO3.C5H10O2/c1-13-4-2-3-5-14(13)12-15(6-9-16,7-10-17)8-11-18;1-3-4(2)5(6)7/h2-5,16-18H,6-12H2,1H3;4H,3H2,1-2H3,(H,6,7)/q+1;. The third-order valence-corrected chi connectivity index (χ3v) is 4.52. The van der Waals surface area contributed by atoms with Crippen LogP contribution in [-0.4, -0.2) is 70.3 Å². The normalized spacial score (nSPS) is 12.2. The predicted octanol–water partition coefficient (Wildman–Crippen LogP) is 1.41. The number of carboxylic acid groups (broad SMARTS) is 1. The van der Waals surface area contributed by atoms with Crippen molar-refractivity contribution in [2.45, 2.75) is 33.7 Å². The van der Waals surface area contributed by atoms with Crippen molar-refractivity contribution in [2.24, 2.45) is 5.92 Å². The second kappa shape index (κ2) is 12.8. The fourth-order valence-corrected chi connectivity index (χ4v) is 2.53. The fourth-order valence-electron chi connectivity index (χ4n) is 2.53. The molecule has 1 rings (SSSR count). The SMILES string of the molecule is CCC(C)C(=O)O.Cc1ccccc1C[N+](CCO)(CCO)CCO. The Morgan fingerprint density at radius 3 is 1.84 bits per heavy atom. The first kappa shape index (κ1) is 23.5. The van der Waals surface area contributed by atoms with E-state index in [0.29, 0.717) is 24.1 Å². The zero-order valence-electron chi connectivity index (χ0n) is 15.7. The molecule has 0 aliphatic rings. The Balaban J connectivity index is 0.000000697. The van der Waals surface area contributed by atoms with Crippen LogP contribution in [0.3, 0.4) is 0 Å². The fraction of sp³-hybridized carbons (Fsp3) is 0.632. The highest BCUT2D eigenvalue weighted by Gasteiger charge is 2.26. The molecular weight excluding hydrogens is 322 g/mol. The molecule has 0 saturated heterocycles. The van der Waals surface area contributed by atoms with Gasteiger partial charge in [0.1, 0.15) is 26.2 Å². The summed E-state index contributed by atoms with van der Waals surface area (Å²) in [4.78, 5) is 9.93. The molecule has 0 heterocycles. The van der Waals surface area contributed by atoms with E-state index < -0.39 is 5.97 Å². The van der Waals surface area contributed by atoms with Gasteiger partial charge >= 0.3 is 5.97 Å². The predicted molar refractivity (Wildman–Crippen MR) is 98.1 cm³/mol. The number of quaternary nitrogens is 1. The van der Waals surface area contributed by atoms with E-state index in [2.05, 4.69) is 19.1 Å². The maximum absolute atomic E-state index is 9.93. The third kappa shape index (κ3) is 8.97. The molecule has 0 bridgehead atoms. The summed E-state index contributed by atoms with van der Waals surface area (Å²) in [6.45, 7) is 8.18. The van der Waals surface area contributed by atoms with Crippen LogP contribution in [0.2, 0.25) is 0 Å². The number of aliphatic carboxylic acids is 1. The smallest absolute Gasteiger partial charge is 0.306 e. The van der Waals surface area contributed by atoms with Crippen molar-refractivity contribution < 1.29 is 29.7 Å². The van der Waals surface area contributed by atoms with Crippen molar-refractivity contribution in [2.75, 3.05) is 39.5 Å². The molecule has 6 nitrogen and oxygen atoms in total. The Kier molecular flexibility index (Phi) is 12.1. The summed E-state index contributed by atoms with van der Waals surface area (Å²) in [6, 6.07) is 8.11. The van der Waals surface area contributed by atoms with Crippen LogP contribution in [0.25, 0.3) is 0 Å². The summed E-state index contributed by atoms with van der Waals surface area (Å²) in [6.07, 6.45) is 0.718. The van der Waals surface area contributed by atoms with Gasteiger partial charge in [-0.3, -0.25) is 4.79 Å². The lowest BCUT2D eigenvalue weighted by atomic mass is 10.1. The van der Waals surface area contributed by atoms with Gasteiger partial charge in [-0.05, 0) is 18.9 Å².